The van der Waals surface area contributed by atoms with Gasteiger partial charge < -0.3 is 5.32 Å². The minimum atomic E-state index is -8.34. The number of carbonyl (C=O) groups is 1. The molecular formula is C12H8F15NO. The van der Waals surface area contributed by atoms with Gasteiger partial charge >= 0.3 is 41.7 Å². The summed E-state index contributed by atoms with van der Waals surface area (Å²) >= 11 is 0. The van der Waals surface area contributed by atoms with E-state index in [1.807, 2.05) is 0 Å². The van der Waals surface area contributed by atoms with Crippen LogP contribution in [0.15, 0.2) is 12.2 Å². The Morgan fingerprint density at radius 1 is 0.655 bits per heavy atom. The van der Waals surface area contributed by atoms with Gasteiger partial charge in [0.05, 0.1) is 6.54 Å². The van der Waals surface area contributed by atoms with Crippen LogP contribution in [0.3, 0.4) is 0 Å². The number of amides is 1. The Morgan fingerprint density at radius 3 is 1.28 bits per heavy atom. The molecule has 0 unspecified atom stereocenters. The molecule has 0 saturated carbocycles. The van der Waals surface area contributed by atoms with Crippen LogP contribution in [0.5, 0.6) is 0 Å². The molecule has 29 heavy (non-hydrogen) atoms. The van der Waals surface area contributed by atoms with Crippen molar-refractivity contribution in [1.29, 1.82) is 0 Å². The van der Waals surface area contributed by atoms with E-state index in [0.717, 1.165) is 12.2 Å². The molecule has 0 radical (unpaired) electrons. The third-order valence-electron chi connectivity index (χ3n) is 3.25. The Bertz CT molecular complexity index is 648. The van der Waals surface area contributed by atoms with E-state index in [-0.39, 0.29) is 0 Å². The van der Waals surface area contributed by atoms with E-state index >= 15 is 0 Å². The first-order valence-corrected chi connectivity index (χ1v) is 6.60. The van der Waals surface area contributed by atoms with Crippen LogP contribution in [-0.4, -0.2) is 54.2 Å². The number of alkyl halides is 15. The molecule has 0 aliphatic rings. The third-order valence-corrected chi connectivity index (χ3v) is 3.25. The van der Waals surface area contributed by atoms with Crippen molar-refractivity contribution in [3.8, 4) is 0 Å². The molecule has 0 saturated heterocycles. The van der Waals surface area contributed by atoms with Gasteiger partial charge in [0.15, 0.2) is 0 Å². The normalized spacial score (nSPS) is 15.3. The van der Waals surface area contributed by atoms with E-state index in [0.29, 0.717) is 0 Å². The lowest BCUT2D eigenvalue weighted by molar-refractivity contribution is -0.451. The molecule has 2 nitrogen and oxygen atoms in total. The van der Waals surface area contributed by atoms with Crippen LogP contribution >= 0.6 is 0 Å². The molecule has 0 aromatic rings. The molecule has 1 N–H and O–H groups in total. The number of nitrogens with one attached hydrogen (secondary N) is 1. The molecule has 17 heteroatoms. The lowest BCUT2D eigenvalue weighted by Gasteiger charge is -2.41. The van der Waals surface area contributed by atoms with Crippen molar-refractivity contribution in [2.45, 2.75) is 48.6 Å². The highest BCUT2D eigenvalue weighted by Gasteiger charge is 2.93. The first-order chi connectivity index (χ1) is 12.3. The van der Waals surface area contributed by atoms with E-state index in [1.54, 1.807) is 0 Å². The summed E-state index contributed by atoms with van der Waals surface area (Å²) in [6.07, 6.45) is -7.65. The summed E-state index contributed by atoms with van der Waals surface area (Å²) in [5, 5.41) is 0.783. The smallest absolute Gasteiger partial charge is 0.346 e. The largest absolute Gasteiger partial charge is 0.460 e. The zero-order valence-corrected chi connectivity index (χ0v) is 13.5. The summed E-state index contributed by atoms with van der Waals surface area (Å²) in [4.78, 5) is 10.9. The minimum absolute atomic E-state index is 0.697. The molecule has 172 valence electrons. The van der Waals surface area contributed by atoms with Crippen LogP contribution in [0.25, 0.3) is 0 Å². The minimum Gasteiger partial charge on any atom is -0.346 e. The second kappa shape index (κ2) is 7.14. The summed E-state index contributed by atoms with van der Waals surface area (Å²) in [6.45, 7) is 0.641. The molecule has 0 aliphatic heterocycles. The first kappa shape index (κ1) is 27.2. The van der Waals surface area contributed by atoms with Gasteiger partial charge in [-0.3, -0.25) is 4.79 Å². The highest BCUT2D eigenvalue weighted by molar-refractivity contribution is 5.92. The summed E-state index contributed by atoms with van der Waals surface area (Å²) in [5.41, 5.74) is -0.697. The SMILES string of the molecule is C=C(C)C(=O)NCC(F)(F)C(F)(F)C(F)(F)C(F)(F)C(F)(F)C(F)(F)C(F)(F)F. The molecule has 0 aliphatic carbocycles. The van der Waals surface area contributed by atoms with Crippen LogP contribution in [0.1, 0.15) is 6.92 Å². The molecule has 0 fully saturated rings. The van der Waals surface area contributed by atoms with Gasteiger partial charge in [0.1, 0.15) is 0 Å². The summed E-state index contributed by atoms with van der Waals surface area (Å²) in [7, 11) is 0. The van der Waals surface area contributed by atoms with Crippen LogP contribution in [-0.2, 0) is 4.79 Å². The van der Waals surface area contributed by atoms with E-state index in [2.05, 4.69) is 6.58 Å². The van der Waals surface area contributed by atoms with Crippen molar-refractivity contribution in [3.05, 3.63) is 12.2 Å². The Labute approximate surface area is 150 Å². The average molecular weight is 467 g/mol. The molecular weight excluding hydrogens is 459 g/mol. The van der Waals surface area contributed by atoms with Crippen molar-refractivity contribution in [3.63, 3.8) is 0 Å². The van der Waals surface area contributed by atoms with Crippen LogP contribution in [0.2, 0.25) is 0 Å². The quantitative estimate of drug-likeness (QED) is 0.393. The topological polar surface area (TPSA) is 29.1 Å². The predicted octanol–water partition coefficient (Wildman–Crippen LogP) is 5.05. The lowest BCUT2D eigenvalue weighted by Crippen LogP contribution is -2.73. The van der Waals surface area contributed by atoms with Gasteiger partial charge in [0.25, 0.3) is 0 Å². The molecule has 0 bridgehead atoms. The van der Waals surface area contributed by atoms with Gasteiger partial charge in [0.2, 0.25) is 5.91 Å². The Hall–Kier alpha value is -1.84. The van der Waals surface area contributed by atoms with Gasteiger partial charge in [-0.05, 0) is 6.92 Å². The van der Waals surface area contributed by atoms with E-state index < -0.39 is 59.7 Å². The molecule has 0 aromatic carbocycles. The second-order valence-electron chi connectivity index (χ2n) is 5.54. The second-order valence-corrected chi connectivity index (χ2v) is 5.54. The van der Waals surface area contributed by atoms with E-state index in [9.17, 15) is 70.7 Å². The lowest BCUT2D eigenvalue weighted by atomic mass is 9.91. The zero-order valence-electron chi connectivity index (χ0n) is 13.5. The van der Waals surface area contributed by atoms with Crippen LogP contribution < -0.4 is 5.32 Å². The van der Waals surface area contributed by atoms with Crippen molar-refractivity contribution in [2.24, 2.45) is 0 Å². The number of halogens is 15. The maximum atomic E-state index is 13.3. The highest BCUT2D eigenvalue weighted by Crippen LogP contribution is 2.62. The zero-order chi connectivity index (χ0) is 24.1. The van der Waals surface area contributed by atoms with Gasteiger partial charge in [-0.25, -0.2) is 0 Å². The van der Waals surface area contributed by atoms with Crippen molar-refractivity contribution >= 4 is 5.91 Å². The third kappa shape index (κ3) is 3.95. The van der Waals surface area contributed by atoms with Gasteiger partial charge in [-0.15, -0.1) is 0 Å². The van der Waals surface area contributed by atoms with E-state index in [4.69, 9.17) is 0 Å². The number of rotatable bonds is 8. The average Bonchev–Trinajstić information content (AvgIpc) is 2.50. The van der Waals surface area contributed by atoms with Gasteiger partial charge in [-0.2, -0.15) is 65.9 Å². The van der Waals surface area contributed by atoms with Crippen molar-refractivity contribution in [1.82, 2.24) is 5.32 Å². The summed E-state index contributed by atoms with van der Waals surface area (Å²) in [6, 6.07) is 0. The maximum Gasteiger partial charge on any atom is 0.460 e. The van der Waals surface area contributed by atoms with Crippen LogP contribution in [0.4, 0.5) is 65.9 Å². The highest BCUT2D eigenvalue weighted by atomic mass is 19.4. The Balaban J connectivity index is 6.28. The van der Waals surface area contributed by atoms with Gasteiger partial charge in [0, 0.05) is 5.57 Å². The van der Waals surface area contributed by atoms with E-state index in [1.165, 1.54) is 0 Å². The number of hydrogen-bond acceptors (Lipinski definition) is 1. The maximum absolute atomic E-state index is 13.3. The standard InChI is InChI=1S/C12H8F15NO/c1-4(2)5(29)28-3-6(13,14)7(15,16)8(17,18)9(19,20)10(21,22)11(23,24)12(25,26)27/h1,3H2,2H3,(H,28,29). The molecule has 0 aromatic heterocycles. The molecule has 0 atom stereocenters. The number of hydrogen-bond donors (Lipinski definition) is 1. The van der Waals surface area contributed by atoms with Crippen molar-refractivity contribution in [2.75, 3.05) is 6.54 Å². The predicted molar refractivity (Wildman–Crippen MR) is 63.6 cm³/mol. The summed E-state index contributed by atoms with van der Waals surface area (Å²) < 4.78 is 193. The fraction of sp³-hybridized carbons (Fsp3) is 0.750. The number of carbonyl (C=O) groups excluding carboxylic acids is 1. The molecule has 0 rings (SSSR count). The molecule has 0 heterocycles. The fourth-order valence-electron chi connectivity index (χ4n) is 1.45. The molecule has 1 amide bonds. The molecule has 0 spiro atoms. The fourth-order valence-corrected chi connectivity index (χ4v) is 1.45. The monoisotopic (exact) mass is 467 g/mol. The summed E-state index contributed by atoms with van der Waals surface area (Å²) in [5.74, 6) is -48.7. The Morgan fingerprint density at radius 2 is 0.966 bits per heavy atom. The van der Waals surface area contributed by atoms with Gasteiger partial charge in [-0.1, -0.05) is 6.58 Å². The Kier molecular flexibility index (Phi) is 6.69. The van der Waals surface area contributed by atoms with Crippen molar-refractivity contribution < 1.29 is 70.7 Å². The first-order valence-electron chi connectivity index (χ1n) is 6.60. The van der Waals surface area contributed by atoms with Crippen LogP contribution in [0, 0.1) is 0 Å².